The third-order valence-electron chi connectivity index (χ3n) is 6.09. The molecule has 2 aliphatic rings. The second kappa shape index (κ2) is 9.19. The zero-order valence-corrected chi connectivity index (χ0v) is 19.0. The number of ketones is 1. The first kappa shape index (κ1) is 22.7. The van der Waals surface area contributed by atoms with Gasteiger partial charge in [-0.2, -0.15) is 5.01 Å². The molecule has 1 saturated heterocycles. The van der Waals surface area contributed by atoms with E-state index in [0.717, 1.165) is 15.6 Å². The summed E-state index contributed by atoms with van der Waals surface area (Å²) < 4.78 is 5.12. The van der Waals surface area contributed by atoms with Gasteiger partial charge in [-0.25, -0.2) is 5.01 Å². The highest BCUT2D eigenvalue weighted by Gasteiger charge is 2.51. The van der Waals surface area contributed by atoms with Crippen LogP contribution in [0.2, 0.25) is 5.02 Å². The second-order valence-electron chi connectivity index (χ2n) is 8.19. The standard InChI is InChI=1S/C25H23ClN2O5/c1-15-7-12-18-20(13-15)25(32)28(24(18)31)27(23(30)19-5-3-4-6-21(19)26)14-22(29)16-8-10-17(33-2)11-9-16/h3-11,18,20H,12-14H2,1-2H3/t18-,20+/m1/s1. The van der Waals surface area contributed by atoms with Gasteiger partial charge in [0.25, 0.3) is 17.7 Å². The van der Waals surface area contributed by atoms with Crippen LogP contribution >= 0.6 is 11.6 Å². The summed E-state index contributed by atoms with van der Waals surface area (Å²) >= 11 is 6.23. The number of benzene rings is 2. The fourth-order valence-corrected chi connectivity index (χ4v) is 4.49. The molecule has 2 aromatic carbocycles. The van der Waals surface area contributed by atoms with Crippen LogP contribution in [-0.2, 0) is 9.59 Å². The number of hydrogen-bond acceptors (Lipinski definition) is 5. The molecule has 0 aromatic heterocycles. The van der Waals surface area contributed by atoms with E-state index < -0.39 is 41.9 Å². The van der Waals surface area contributed by atoms with Gasteiger partial charge in [-0.05, 0) is 56.2 Å². The number of amides is 3. The maximum atomic E-state index is 13.5. The summed E-state index contributed by atoms with van der Waals surface area (Å²) in [5, 5.41) is 1.96. The number of halogens is 1. The molecule has 1 fully saturated rings. The minimum Gasteiger partial charge on any atom is -0.497 e. The zero-order valence-electron chi connectivity index (χ0n) is 18.3. The number of carbonyl (C=O) groups is 4. The van der Waals surface area contributed by atoms with Gasteiger partial charge in [-0.3, -0.25) is 19.2 Å². The largest absolute Gasteiger partial charge is 0.497 e. The van der Waals surface area contributed by atoms with Crippen molar-refractivity contribution in [1.29, 1.82) is 0 Å². The van der Waals surface area contributed by atoms with Crippen LogP contribution in [0.15, 0.2) is 60.2 Å². The molecule has 0 unspecified atom stereocenters. The lowest BCUT2D eigenvalue weighted by Crippen LogP contribution is -2.52. The molecule has 170 valence electrons. The Balaban J connectivity index is 1.69. The Morgan fingerprint density at radius 3 is 2.39 bits per heavy atom. The predicted molar refractivity (Wildman–Crippen MR) is 122 cm³/mol. The van der Waals surface area contributed by atoms with E-state index >= 15 is 0 Å². The Morgan fingerprint density at radius 1 is 1.06 bits per heavy atom. The van der Waals surface area contributed by atoms with Crippen molar-refractivity contribution in [3.05, 3.63) is 76.3 Å². The molecular weight excluding hydrogens is 444 g/mol. The molecular formula is C25H23ClN2O5. The number of nitrogens with zero attached hydrogens (tertiary/aromatic N) is 2. The van der Waals surface area contributed by atoms with E-state index in [1.54, 1.807) is 42.5 Å². The molecule has 1 aliphatic carbocycles. The van der Waals surface area contributed by atoms with Crippen LogP contribution in [0, 0.1) is 11.8 Å². The monoisotopic (exact) mass is 466 g/mol. The molecule has 3 amide bonds. The lowest BCUT2D eigenvalue weighted by molar-refractivity contribution is -0.154. The van der Waals surface area contributed by atoms with Gasteiger partial charge < -0.3 is 4.74 Å². The van der Waals surface area contributed by atoms with Gasteiger partial charge in [0, 0.05) is 5.56 Å². The summed E-state index contributed by atoms with van der Waals surface area (Å²) in [6.07, 6.45) is 2.82. The number of methoxy groups -OCH3 is 1. The van der Waals surface area contributed by atoms with Crippen molar-refractivity contribution in [2.24, 2.45) is 11.8 Å². The van der Waals surface area contributed by atoms with Crippen molar-refractivity contribution in [2.45, 2.75) is 19.8 Å². The number of Topliss-reactive ketones (excluding diaryl/α,β-unsaturated/α-hetero) is 1. The van der Waals surface area contributed by atoms with Gasteiger partial charge in [0.2, 0.25) is 0 Å². The number of allylic oxidation sites excluding steroid dienone is 2. The van der Waals surface area contributed by atoms with E-state index in [1.165, 1.54) is 13.2 Å². The van der Waals surface area contributed by atoms with E-state index in [0.29, 0.717) is 24.2 Å². The molecule has 0 N–H and O–H groups in total. The van der Waals surface area contributed by atoms with Crippen LogP contribution in [0.3, 0.4) is 0 Å². The first-order chi connectivity index (χ1) is 15.8. The number of hydrazine groups is 1. The molecule has 0 radical (unpaired) electrons. The van der Waals surface area contributed by atoms with Crippen LogP contribution < -0.4 is 4.74 Å². The summed E-state index contributed by atoms with van der Waals surface area (Å²) in [5.41, 5.74) is 1.45. The first-order valence-corrected chi connectivity index (χ1v) is 11.0. The van der Waals surface area contributed by atoms with Crippen molar-refractivity contribution in [1.82, 2.24) is 10.0 Å². The number of rotatable bonds is 6. The highest BCUT2D eigenvalue weighted by atomic mass is 35.5. The maximum absolute atomic E-state index is 13.5. The van der Waals surface area contributed by atoms with E-state index in [2.05, 4.69) is 0 Å². The normalized spacial score (nSPS) is 19.7. The Morgan fingerprint density at radius 2 is 1.73 bits per heavy atom. The number of ether oxygens (including phenoxy) is 1. The van der Waals surface area contributed by atoms with E-state index in [1.807, 2.05) is 13.0 Å². The molecule has 0 spiro atoms. The summed E-state index contributed by atoms with van der Waals surface area (Å²) in [6, 6.07) is 12.7. The molecule has 4 rings (SSSR count). The molecule has 2 atom stereocenters. The van der Waals surface area contributed by atoms with Crippen LogP contribution in [0.5, 0.6) is 5.75 Å². The number of imide groups is 1. The average molecular weight is 467 g/mol. The van der Waals surface area contributed by atoms with Crippen molar-refractivity contribution < 1.29 is 23.9 Å². The van der Waals surface area contributed by atoms with Crippen LogP contribution in [0.25, 0.3) is 0 Å². The third kappa shape index (κ3) is 4.28. The number of fused-ring (bicyclic) bond motifs is 1. The van der Waals surface area contributed by atoms with Gasteiger partial charge in [0.05, 0.1) is 29.5 Å². The van der Waals surface area contributed by atoms with Gasteiger partial charge >= 0.3 is 0 Å². The number of hydrogen-bond donors (Lipinski definition) is 0. The van der Waals surface area contributed by atoms with Crippen molar-refractivity contribution in [2.75, 3.05) is 13.7 Å². The summed E-state index contributed by atoms with van der Waals surface area (Å²) in [7, 11) is 1.52. The van der Waals surface area contributed by atoms with Crippen molar-refractivity contribution >= 4 is 35.1 Å². The smallest absolute Gasteiger partial charge is 0.274 e. The van der Waals surface area contributed by atoms with Crippen molar-refractivity contribution in [3.8, 4) is 5.75 Å². The molecule has 0 saturated carbocycles. The Kier molecular flexibility index (Phi) is 6.33. The van der Waals surface area contributed by atoms with Crippen molar-refractivity contribution in [3.63, 3.8) is 0 Å². The molecule has 1 aliphatic heterocycles. The third-order valence-corrected chi connectivity index (χ3v) is 6.41. The molecule has 8 heteroatoms. The predicted octanol–water partition coefficient (Wildman–Crippen LogP) is 3.93. The highest BCUT2D eigenvalue weighted by Crippen LogP contribution is 2.38. The number of carbonyl (C=O) groups excluding carboxylic acids is 4. The van der Waals surface area contributed by atoms with Crippen LogP contribution in [0.4, 0.5) is 0 Å². The fraction of sp³-hybridized carbons (Fsp3) is 0.280. The SMILES string of the molecule is COc1ccc(C(=O)CN(C(=O)c2ccccc2Cl)N2C(=O)[C@H]3CC(C)=CC[C@H]3C2=O)cc1. The first-order valence-electron chi connectivity index (χ1n) is 10.6. The van der Waals surface area contributed by atoms with E-state index in [-0.39, 0.29) is 10.6 Å². The van der Waals surface area contributed by atoms with Crippen LogP contribution in [0.1, 0.15) is 40.5 Å². The molecule has 33 heavy (non-hydrogen) atoms. The van der Waals surface area contributed by atoms with Gasteiger partial charge in [0.15, 0.2) is 5.78 Å². The average Bonchev–Trinajstić information content (AvgIpc) is 3.06. The second-order valence-corrected chi connectivity index (χ2v) is 8.59. The minimum atomic E-state index is -0.688. The lowest BCUT2D eigenvalue weighted by Gasteiger charge is -2.30. The maximum Gasteiger partial charge on any atom is 0.274 e. The highest BCUT2D eigenvalue weighted by molar-refractivity contribution is 6.34. The van der Waals surface area contributed by atoms with E-state index in [9.17, 15) is 19.2 Å². The molecule has 7 nitrogen and oxygen atoms in total. The van der Waals surface area contributed by atoms with Crippen LogP contribution in [-0.4, -0.2) is 47.2 Å². The van der Waals surface area contributed by atoms with Gasteiger partial charge in [-0.1, -0.05) is 35.4 Å². The van der Waals surface area contributed by atoms with E-state index in [4.69, 9.17) is 16.3 Å². The minimum absolute atomic E-state index is 0.103. The molecule has 0 bridgehead atoms. The zero-order chi connectivity index (χ0) is 23.7. The molecule has 2 aromatic rings. The van der Waals surface area contributed by atoms with Gasteiger partial charge in [0.1, 0.15) is 12.3 Å². The Labute approximate surface area is 196 Å². The summed E-state index contributed by atoms with van der Waals surface area (Å²) in [5.74, 6) is -2.57. The topological polar surface area (TPSA) is 84.0 Å². The summed E-state index contributed by atoms with van der Waals surface area (Å²) in [6.45, 7) is 1.43. The Hall–Kier alpha value is -3.45. The lowest BCUT2D eigenvalue weighted by atomic mass is 9.82. The van der Waals surface area contributed by atoms with Gasteiger partial charge in [-0.15, -0.1) is 0 Å². The quantitative estimate of drug-likeness (QED) is 0.366. The Bertz CT molecular complexity index is 1160. The summed E-state index contributed by atoms with van der Waals surface area (Å²) in [4.78, 5) is 53.1. The fourth-order valence-electron chi connectivity index (χ4n) is 4.27. The molecule has 1 heterocycles.